The van der Waals surface area contributed by atoms with Gasteiger partial charge in [0.2, 0.25) is 0 Å². The molecule has 0 radical (unpaired) electrons. The van der Waals surface area contributed by atoms with Gasteiger partial charge in [-0.3, -0.25) is 13.9 Å². The summed E-state index contributed by atoms with van der Waals surface area (Å²) in [6.45, 7) is 2.00. The van der Waals surface area contributed by atoms with Gasteiger partial charge in [0.15, 0.2) is 5.65 Å². The molecule has 2 aromatic heterocycles. The van der Waals surface area contributed by atoms with E-state index in [9.17, 15) is 9.59 Å². The fraction of sp³-hybridized carbons (Fsp3) is 0.235. The number of nitrogens with one attached hydrogen (secondary N) is 1. The molecule has 1 N–H and O–H groups in total. The Balaban J connectivity index is 2.36. The Bertz CT molecular complexity index is 1050. The average molecular weight is 389 g/mol. The second-order valence-corrected chi connectivity index (χ2v) is 6.47. The smallest absolute Gasteiger partial charge is 0.332 e. The molecule has 0 bridgehead atoms. The van der Waals surface area contributed by atoms with Crippen LogP contribution in [0.4, 0.5) is 11.4 Å². The first-order valence-electron chi connectivity index (χ1n) is 7.54. The van der Waals surface area contributed by atoms with E-state index >= 15 is 0 Å². The van der Waals surface area contributed by atoms with E-state index in [2.05, 4.69) is 26.2 Å². The standard InChI is InChI=1S/C17H17BrN4O2/c1-4-10-9-19-15-13(16(23)22(3)17(24)21(15)2)14(10)20-12-7-5-6-11(18)8-12/h5-9H,4H2,1-3H3,(H,19,20). The number of aromatic nitrogens is 3. The first-order chi connectivity index (χ1) is 11.4. The Kier molecular flexibility index (Phi) is 4.28. The van der Waals surface area contributed by atoms with Crippen molar-refractivity contribution in [2.75, 3.05) is 5.32 Å². The lowest BCUT2D eigenvalue weighted by Crippen LogP contribution is -2.37. The summed E-state index contributed by atoms with van der Waals surface area (Å²) in [6.07, 6.45) is 2.42. The van der Waals surface area contributed by atoms with Crippen molar-refractivity contribution in [2.45, 2.75) is 13.3 Å². The van der Waals surface area contributed by atoms with Gasteiger partial charge in [-0.15, -0.1) is 0 Å². The van der Waals surface area contributed by atoms with E-state index in [1.165, 1.54) is 11.6 Å². The van der Waals surface area contributed by atoms with E-state index in [4.69, 9.17) is 0 Å². The summed E-state index contributed by atoms with van der Waals surface area (Å²) in [6, 6.07) is 7.69. The van der Waals surface area contributed by atoms with Gasteiger partial charge in [-0.25, -0.2) is 9.78 Å². The van der Waals surface area contributed by atoms with E-state index in [1.54, 1.807) is 13.2 Å². The number of aryl methyl sites for hydroxylation is 2. The third-order valence-corrected chi connectivity index (χ3v) is 4.52. The predicted molar refractivity (Wildman–Crippen MR) is 99.0 cm³/mol. The van der Waals surface area contributed by atoms with Crippen molar-refractivity contribution in [2.24, 2.45) is 14.1 Å². The minimum atomic E-state index is -0.391. The van der Waals surface area contributed by atoms with Gasteiger partial charge in [0.05, 0.1) is 5.69 Å². The molecule has 0 aliphatic rings. The van der Waals surface area contributed by atoms with Crippen LogP contribution in [0.15, 0.2) is 44.5 Å². The maximum Gasteiger partial charge on any atom is 0.332 e. The largest absolute Gasteiger partial charge is 0.354 e. The van der Waals surface area contributed by atoms with E-state index in [0.717, 1.165) is 20.3 Å². The molecule has 7 heteroatoms. The lowest BCUT2D eigenvalue weighted by molar-refractivity contribution is 0.707. The maximum atomic E-state index is 12.7. The summed E-state index contributed by atoms with van der Waals surface area (Å²) < 4.78 is 3.43. The quantitative estimate of drug-likeness (QED) is 0.748. The molecule has 0 saturated carbocycles. The number of hydrogen-bond acceptors (Lipinski definition) is 4. The Morgan fingerprint density at radius 1 is 1.21 bits per heavy atom. The number of pyridine rings is 1. The van der Waals surface area contributed by atoms with Crippen LogP contribution in [0.1, 0.15) is 12.5 Å². The second-order valence-electron chi connectivity index (χ2n) is 5.55. The van der Waals surface area contributed by atoms with Gasteiger partial charge in [-0.1, -0.05) is 28.9 Å². The maximum absolute atomic E-state index is 12.7. The van der Waals surface area contributed by atoms with Crippen LogP contribution in [0.25, 0.3) is 11.0 Å². The van der Waals surface area contributed by atoms with Gasteiger partial charge in [-0.2, -0.15) is 0 Å². The zero-order valence-electron chi connectivity index (χ0n) is 13.6. The molecule has 124 valence electrons. The number of anilines is 2. The summed E-state index contributed by atoms with van der Waals surface area (Å²) in [5.41, 5.74) is 2.08. The third-order valence-electron chi connectivity index (χ3n) is 4.02. The number of fused-ring (bicyclic) bond motifs is 1. The van der Waals surface area contributed by atoms with E-state index in [0.29, 0.717) is 23.1 Å². The van der Waals surface area contributed by atoms with Gasteiger partial charge >= 0.3 is 5.69 Å². The van der Waals surface area contributed by atoms with Crippen molar-refractivity contribution >= 4 is 38.3 Å². The molecule has 0 atom stereocenters. The molecule has 6 nitrogen and oxygen atoms in total. The molecule has 2 heterocycles. The van der Waals surface area contributed by atoms with Crippen LogP contribution < -0.4 is 16.6 Å². The third kappa shape index (κ3) is 2.65. The molecule has 1 aromatic carbocycles. The Morgan fingerprint density at radius 3 is 2.62 bits per heavy atom. The van der Waals surface area contributed by atoms with E-state index < -0.39 is 5.69 Å². The Hall–Kier alpha value is -2.41. The highest BCUT2D eigenvalue weighted by Crippen LogP contribution is 2.27. The molecule has 0 aliphatic carbocycles. The summed E-state index contributed by atoms with van der Waals surface area (Å²) >= 11 is 3.44. The van der Waals surface area contributed by atoms with Crippen molar-refractivity contribution in [1.29, 1.82) is 0 Å². The second kappa shape index (κ2) is 6.24. The summed E-state index contributed by atoms with van der Waals surface area (Å²) in [5.74, 6) is 0. The lowest BCUT2D eigenvalue weighted by Gasteiger charge is -2.15. The molecule has 0 saturated heterocycles. The van der Waals surface area contributed by atoms with Crippen LogP contribution >= 0.6 is 15.9 Å². The molecular formula is C17H17BrN4O2. The summed E-state index contributed by atoms with van der Waals surface area (Å²) in [4.78, 5) is 29.2. The average Bonchev–Trinajstić information content (AvgIpc) is 2.57. The molecule has 3 aromatic rings. The molecule has 0 spiro atoms. The van der Waals surface area contributed by atoms with Crippen molar-refractivity contribution in [1.82, 2.24) is 14.1 Å². The molecule has 0 aliphatic heterocycles. The number of hydrogen-bond donors (Lipinski definition) is 1. The minimum Gasteiger partial charge on any atom is -0.354 e. The van der Waals surface area contributed by atoms with Crippen LogP contribution in [0.5, 0.6) is 0 Å². The van der Waals surface area contributed by atoms with Crippen molar-refractivity contribution < 1.29 is 0 Å². The fourth-order valence-corrected chi connectivity index (χ4v) is 3.09. The summed E-state index contributed by atoms with van der Waals surface area (Å²) in [7, 11) is 3.09. The molecule has 0 unspecified atom stereocenters. The predicted octanol–water partition coefficient (Wildman–Crippen LogP) is 2.70. The van der Waals surface area contributed by atoms with Crippen molar-refractivity contribution in [3.8, 4) is 0 Å². The van der Waals surface area contributed by atoms with Gasteiger partial charge in [-0.05, 0) is 30.2 Å². The van der Waals surface area contributed by atoms with E-state index in [1.807, 2.05) is 31.2 Å². The Morgan fingerprint density at radius 2 is 1.96 bits per heavy atom. The van der Waals surface area contributed by atoms with Gasteiger partial charge in [0, 0.05) is 30.5 Å². The minimum absolute atomic E-state index is 0.353. The number of rotatable bonds is 3. The zero-order valence-corrected chi connectivity index (χ0v) is 15.2. The number of nitrogens with zero attached hydrogens (tertiary/aromatic N) is 3. The summed E-state index contributed by atoms with van der Waals surface area (Å²) in [5, 5.41) is 3.74. The highest BCUT2D eigenvalue weighted by Gasteiger charge is 2.16. The SMILES string of the molecule is CCc1cnc2c(c1Nc1cccc(Br)c1)c(=O)n(C)c(=O)n2C. The lowest BCUT2D eigenvalue weighted by atomic mass is 10.1. The number of halogens is 1. The fourth-order valence-electron chi connectivity index (χ4n) is 2.69. The first kappa shape index (κ1) is 16.4. The van der Waals surface area contributed by atoms with Crippen molar-refractivity contribution in [3.05, 3.63) is 61.3 Å². The van der Waals surface area contributed by atoms with E-state index in [-0.39, 0.29) is 5.56 Å². The topological polar surface area (TPSA) is 68.9 Å². The molecule has 3 rings (SSSR count). The van der Waals surface area contributed by atoms with Gasteiger partial charge in [0.25, 0.3) is 5.56 Å². The molecule has 24 heavy (non-hydrogen) atoms. The highest BCUT2D eigenvalue weighted by atomic mass is 79.9. The normalized spacial score (nSPS) is 11.0. The highest BCUT2D eigenvalue weighted by molar-refractivity contribution is 9.10. The van der Waals surface area contributed by atoms with Gasteiger partial charge < -0.3 is 5.32 Å². The first-order valence-corrected chi connectivity index (χ1v) is 8.33. The monoisotopic (exact) mass is 388 g/mol. The number of benzene rings is 1. The van der Waals surface area contributed by atoms with Crippen molar-refractivity contribution in [3.63, 3.8) is 0 Å². The Labute approximate surface area is 146 Å². The van der Waals surface area contributed by atoms with Crippen LogP contribution in [0, 0.1) is 0 Å². The zero-order chi connectivity index (χ0) is 17.4. The molecule has 0 fully saturated rings. The molecule has 0 amide bonds. The van der Waals surface area contributed by atoms with Crippen LogP contribution in [-0.2, 0) is 20.5 Å². The van der Waals surface area contributed by atoms with Crippen LogP contribution in [0.2, 0.25) is 0 Å². The van der Waals surface area contributed by atoms with Crippen LogP contribution in [0.3, 0.4) is 0 Å². The molecular weight excluding hydrogens is 372 g/mol. The van der Waals surface area contributed by atoms with Crippen LogP contribution in [-0.4, -0.2) is 14.1 Å². The van der Waals surface area contributed by atoms with Gasteiger partial charge in [0.1, 0.15) is 5.39 Å².